The Kier molecular flexibility index (Phi) is 10.4. The fourth-order valence-corrected chi connectivity index (χ4v) is 4.34. The number of anilines is 1. The first kappa shape index (κ1) is 23.3. The normalized spacial score (nSPS) is 21.9. The van der Waals surface area contributed by atoms with Crippen LogP contribution in [0.4, 0.5) is 5.69 Å². The molecule has 1 unspecified atom stereocenters. The highest BCUT2D eigenvalue weighted by atomic mass is 127. The SMILES string of the molecule is CCN1CCC(CCNC(=NC)NC2CCCN(c3ccccc3)C2)CC1.I. The van der Waals surface area contributed by atoms with E-state index in [1.165, 1.54) is 57.4 Å². The van der Waals surface area contributed by atoms with E-state index in [-0.39, 0.29) is 24.0 Å². The largest absolute Gasteiger partial charge is 0.369 e. The number of piperidine rings is 2. The second-order valence-corrected chi connectivity index (χ2v) is 7.93. The molecule has 5 nitrogen and oxygen atoms in total. The summed E-state index contributed by atoms with van der Waals surface area (Å²) in [5.74, 6) is 1.82. The highest BCUT2D eigenvalue weighted by Crippen LogP contribution is 2.20. The minimum absolute atomic E-state index is 0. The predicted molar refractivity (Wildman–Crippen MR) is 131 cm³/mol. The highest BCUT2D eigenvalue weighted by Gasteiger charge is 2.21. The molecule has 0 aliphatic carbocycles. The predicted octanol–water partition coefficient (Wildman–Crippen LogP) is 3.56. The zero-order valence-electron chi connectivity index (χ0n) is 17.6. The summed E-state index contributed by atoms with van der Waals surface area (Å²) < 4.78 is 0. The third kappa shape index (κ3) is 7.10. The molecule has 2 saturated heterocycles. The molecule has 0 radical (unpaired) electrons. The van der Waals surface area contributed by atoms with Crippen LogP contribution in [0.3, 0.4) is 0 Å². The van der Waals surface area contributed by atoms with Gasteiger partial charge in [0.2, 0.25) is 0 Å². The van der Waals surface area contributed by atoms with E-state index in [0.29, 0.717) is 6.04 Å². The first-order valence-electron chi connectivity index (χ1n) is 10.8. The van der Waals surface area contributed by atoms with Gasteiger partial charge in [0, 0.05) is 38.4 Å². The molecule has 1 atom stereocenters. The Balaban J connectivity index is 0.00000280. The molecule has 1 aromatic carbocycles. The monoisotopic (exact) mass is 499 g/mol. The maximum Gasteiger partial charge on any atom is 0.191 e. The van der Waals surface area contributed by atoms with Crippen molar-refractivity contribution in [2.45, 2.75) is 45.1 Å². The van der Waals surface area contributed by atoms with Gasteiger partial charge in [-0.15, -0.1) is 24.0 Å². The van der Waals surface area contributed by atoms with Crippen LogP contribution in [0.25, 0.3) is 0 Å². The summed E-state index contributed by atoms with van der Waals surface area (Å²) in [4.78, 5) is 9.50. The molecule has 3 rings (SSSR count). The van der Waals surface area contributed by atoms with Crippen molar-refractivity contribution in [2.24, 2.45) is 10.9 Å². The number of halogens is 1. The second kappa shape index (κ2) is 12.5. The molecule has 0 aromatic heterocycles. The standard InChI is InChI=1S/C22H37N5.HI/c1-3-26-16-12-19(13-17-26)11-14-24-22(23-2)25-20-8-7-15-27(18-20)21-9-5-4-6-10-21;/h4-6,9-10,19-20H,3,7-8,11-18H2,1-2H3,(H2,23,24,25);1H. The van der Waals surface area contributed by atoms with E-state index in [9.17, 15) is 0 Å². The van der Waals surface area contributed by atoms with Crippen LogP contribution in [0.15, 0.2) is 35.3 Å². The molecular weight excluding hydrogens is 461 g/mol. The number of hydrogen-bond acceptors (Lipinski definition) is 3. The van der Waals surface area contributed by atoms with Crippen molar-refractivity contribution in [3.8, 4) is 0 Å². The zero-order chi connectivity index (χ0) is 18.9. The van der Waals surface area contributed by atoms with Crippen LogP contribution in [-0.2, 0) is 0 Å². The molecule has 1 aromatic rings. The second-order valence-electron chi connectivity index (χ2n) is 7.93. The Morgan fingerprint density at radius 1 is 1.11 bits per heavy atom. The lowest BCUT2D eigenvalue weighted by atomic mass is 9.93. The molecule has 0 saturated carbocycles. The number of para-hydroxylation sites is 1. The number of guanidine groups is 1. The van der Waals surface area contributed by atoms with E-state index in [2.05, 4.69) is 62.7 Å². The average molecular weight is 499 g/mol. The number of benzene rings is 1. The van der Waals surface area contributed by atoms with Gasteiger partial charge >= 0.3 is 0 Å². The van der Waals surface area contributed by atoms with Crippen molar-refractivity contribution < 1.29 is 0 Å². The smallest absolute Gasteiger partial charge is 0.191 e. The molecule has 2 aliphatic rings. The molecule has 0 amide bonds. The fraction of sp³-hybridized carbons (Fsp3) is 0.682. The fourth-order valence-electron chi connectivity index (χ4n) is 4.34. The average Bonchev–Trinajstić information content (AvgIpc) is 2.74. The van der Waals surface area contributed by atoms with Gasteiger partial charge in [-0.2, -0.15) is 0 Å². The maximum atomic E-state index is 4.46. The van der Waals surface area contributed by atoms with Gasteiger partial charge in [0.25, 0.3) is 0 Å². The summed E-state index contributed by atoms with van der Waals surface area (Å²) in [6.07, 6.45) is 6.37. The summed E-state index contributed by atoms with van der Waals surface area (Å²) in [5, 5.41) is 7.20. The molecule has 158 valence electrons. The van der Waals surface area contributed by atoms with E-state index in [1.807, 2.05) is 7.05 Å². The van der Waals surface area contributed by atoms with Gasteiger partial charge in [-0.05, 0) is 69.8 Å². The molecule has 28 heavy (non-hydrogen) atoms. The molecule has 2 N–H and O–H groups in total. The van der Waals surface area contributed by atoms with Crippen molar-refractivity contribution >= 4 is 35.6 Å². The van der Waals surface area contributed by atoms with E-state index < -0.39 is 0 Å². The summed E-state index contributed by atoms with van der Waals surface area (Å²) in [6.45, 7) is 9.21. The number of nitrogens with one attached hydrogen (secondary N) is 2. The molecule has 0 spiro atoms. The topological polar surface area (TPSA) is 42.9 Å². The lowest BCUT2D eigenvalue weighted by Crippen LogP contribution is -2.51. The Hall–Kier alpha value is -1.02. The lowest BCUT2D eigenvalue weighted by Gasteiger charge is -2.35. The summed E-state index contributed by atoms with van der Waals surface area (Å²) in [6, 6.07) is 11.2. The number of rotatable bonds is 6. The lowest BCUT2D eigenvalue weighted by molar-refractivity contribution is 0.187. The van der Waals surface area contributed by atoms with Crippen molar-refractivity contribution in [1.82, 2.24) is 15.5 Å². The Morgan fingerprint density at radius 2 is 1.86 bits per heavy atom. The Morgan fingerprint density at radius 3 is 2.54 bits per heavy atom. The van der Waals surface area contributed by atoms with Crippen LogP contribution >= 0.6 is 24.0 Å². The van der Waals surface area contributed by atoms with Crippen LogP contribution in [-0.4, -0.2) is 63.2 Å². The zero-order valence-corrected chi connectivity index (χ0v) is 19.9. The minimum atomic E-state index is 0. The number of likely N-dealkylation sites (tertiary alicyclic amines) is 1. The van der Waals surface area contributed by atoms with Crippen LogP contribution < -0.4 is 15.5 Å². The minimum Gasteiger partial charge on any atom is -0.369 e. The molecule has 2 aliphatic heterocycles. The number of nitrogens with zero attached hydrogens (tertiary/aromatic N) is 3. The van der Waals surface area contributed by atoms with Crippen molar-refractivity contribution in [1.29, 1.82) is 0 Å². The van der Waals surface area contributed by atoms with Crippen molar-refractivity contribution in [3.63, 3.8) is 0 Å². The third-order valence-corrected chi connectivity index (χ3v) is 6.11. The molecule has 2 fully saturated rings. The molecule has 2 heterocycles. The first-order chi connectivity index (χ1) is 13.3. The van der Waals surface area contributed by atoms with Crippen molar-refractivity contribution in [3.05, 3.63) is 30.3 Å². The summed E-state index contributed by atoms with van der Waals surface area (Å²) in [7, 11) is 1.88. The van der Waals surface area contributed by atoms with E-state index in [0.717, 1.165) is 31.5 Å². The Bertz CT molecular complexity index is 572. The van der Waals surface area contributed by atoms with Gasteiger partial charge in [-0.1, -0.05) is 25.1 Å². The van der Waals surface area contributed by atoms with Crippen LogP contribution in [0, 0.1) is 5.92 Å². The Labute approximate surface area is 188 Å². The number of aliphatic imine (C=N–C) groups is 1. The van der Waals surface area contributed by atoms with E-state index in [4.69, 9.17) is 0 Å². The highest BCUT2D eigenvalue weighted by molar-refractivity contribution is 14.0. The first-order valence-corrected chi connectivity index (χ1v) is 10.8. The number of hydrogen-bond donors (Lipinski definition) is 2. The summed E-state index contributed by atoms with van der Waals surface area (Å²) in [5.41, 5.74) is 1.32. The molecular formula is C22H38IN5. The van der Waals surface area contributed by atoms with Crippen molar-refractivity contribution in [2.75, 3.05) is 51.2 Å². The quantitative estimate of drug-likeness (QED) is 0.357. The molecule has 0 bridgehead atoms. The van der Waals surface area contributed by atoms with Gasteiger partial charge in [0.05, 0.1) is 0 Å². The maximum absolute atomic E-state index is 4.46. The van der Waals surface area contributed by atoms with Gasteiger partial charge in [0.1, 0.15) is 0 Å². The van der Waals surface area contributed by atoms with Gasteiger partial charge < -0.3 is 20.4 Å². The van der Waals surface area contributed by atoms with Crippen LogP contribution in [0.1, 0.15) is 39.0 Å². The van der Waals surface area contributed by atoms with Crippen LogP contribution in [0.2, 0.25) is 0 Å². The van der Waals surface area contributed by atoms with Gasteiger partial charge in [-0.25, -0.2) is 0 Å². The van der Waals surface area contributed by atoms with Gasteiger partial charge in [0.15, 0.2) is 5.96 Å². The van der Waals surface area contributed by atoms with E-state index >= 15 is 0 Å². The van der Waals surface area contributed by atoms with E-state index in [1.54, 1.807) is 0 Å². The molecule has 6 heteroatoms. The summed E-state index contributed by atoms with van der Waals surface area (Å²) >= 11 is 0. The van der Waals surface area contributed by atoms with Crippen LogP contribution in [0.5, 0.6) is 0 Å². The van der Waals surface area contributed by atoms with Gasteiger partial charge in [-0.3, -0.25) is 4.99 Å². The third-order valence-electron chi connectivity index (χ3n) is 6.11.